The number of anilines is 2. The van der Waals surface area contributed by atoms with Crippen LogP contribution in [-0.4, -0.2) is 10.9 Å². The molecule has 1 aliphatic rings. The van der Waals surface area contributed by atoms with E-state index in [4.69, 9.17) is 0 Å². The second-order valence-electron chi connectivity index (χ2n) is 4.62. The molecule has 98 valence electrons. The highest BCUT2D eigenvalue weighted by Gasteiger charge is 2.14. The summed E-state index contributed by atoms with van der Waals surface area (Å²) >= 11 is 1.71. The van der Waals surface area contributed by atoms with Crippen LogP contribution in [0.4, 0.5) is 11.4 Å². The molecule has 0 bridgehead atoms. The second kappa shape index (κ2) is 5.01. The maximum absolute atomic E-state index is 11.3. The quantitative estimate of drug-likeness (QED) is 0.904. The molecule has 1 amide bonds. The van der Waals surface area contributed by atoms with Crippen LogP contribution in [0, 0.1) is 6.92 Å². The van der Waals surface area contributed by atoms with Crippen LogP contribution in [0.2, 0.25) is 0 Å². The predicted octanol–water partition coefficient (Wildman–Crippen LogP) is 2.95. The Bertz CT molecular complexity index is 621. The van der Waals surface area contributed by atoms with Crippen molar-refractivity contribution < 1.29 is 4.79 Å². The number of aryl methyl sites for hydroxylation is 2. The minimum absolute atomic E-state index is 0.105. The Labute approximate surface area is 115 Å². The number of nitrogens with one attached hydrogen (secondary N) is 2. The van der Waals surface area contributed by atoms with Crippen molar-refractivity contribution in [1.82, 2.24) is 4.98 Å². The van der Waals surface area contributed by atoms with Gasteiger partial charge in [0.25, 0.3) is 0 Å². The van der Waals surface area contributed by atoms with E-state index in [1.165, 1.54) is 10.4 Å². The molecule has 0 unspecified atom stereocenters. The largest absolute Gasteiger partial charge is 0.380 e. The predicted molar refractivity (Wildman–Crippen MR) is 77.6 cm³/mol. The van der Waals surface area contributed by atoms with E-state index in [1.807, 2.05) is 25.3 Å². The topological polar surface area (TPSA) is 54.0 Å². The average Bonchev–Trinajstić information content (AvgIpc) is 2.82. The highest BCUT2D eigenvalue weighted by molar-refractivity contribution is 7.11. The standard InChI is InChI=1S/C14H15N3OS/c1-9-15-7-12(19-9)8-16-11-3-4-13-10(6-11)2-5-14(18)17-13/h3-4,6-7,16H,2,5,8H2,1H3,(H,17,18). The van der Waals surface area contributed by atoms with E-state index in [9.17, 15) is 4.79 Å². The Hall–Kier alpha value is -1.88. The molecule has 1 aromatic heterocycles. The zero-order valence-corrected chi connectivity index (χ0v) is 11.5. The van der Waals surface area contributed by atoms with Crippen LogP contribution < -0.4 is 10.6 Å². The van der Waals surface area contributed by atoms with Crippen molar-refractivity contribution in [2.75, 3.05) is 10.6 Å². The van der Waals surface area contributed by atoms with Gasteiger partial charge in [0.15, 0.2) is 0 Å². The molecular weight excluding hydrogens is 258 g/mol. The van der Waals surface area contributed by atoms with E-state index in [1.54, 1.807) is 11.3 Å². The molecule has 0 aliphatic carbocycles. The summed E-state index contributed by atoms with van der Waals surface area (Å²) in [6.07, 6.45) is 3.30. The third-order valence-electron chi connectivity index (χ3n) is 3.14. The Morgan fingerprint density at radius 3 is 3.11 bits per heavy atom. The van der Waals surface area contributed by atoms with Gasteiger partial charge in [0, 0.05) is 28.9 Å². The first-order valence-electron chi connectivity index (χ1n) is 6.29. The van der Waals surface area contributed by atoms with E-state index in [-0.39, 0.29) is 5.91 Å². The van der Waals surface area contributed by atoms with Gasteiger partial charge in [0.2, 0.25) is 5.91 Å². The van der Waals surface area contributed by atoms with Gasteiger partial charge in [-0.3, -0.25) is 4.79 Å². The number of rotatable bonds is 3. The molecule has 1 aliphatic heterocycles. The number of carbonyl (C=O) groups is 1. The molecule has 4 nitrogen and oxygen atoms in total. The zero-order valence-electron chi connectivity index (χ0n) is 10.7. The molecule has 1 aromatic carbocycles. The van der Waals surface area contributed by atoms with Gasteiger partial charge >= 0.3 is 0 Å². The molecule has 0 fully saturated rings. The molecule has 19 heavy (non-hydrogen) atoms. The van der Waals surface area contributed by atoms with Gasteiger partial charge in [-0.25, -0.2) is 4.98 Å². The molecule has 0 atom stereocenters. The Morgan fingerprint density at radius 1 is 1.42 bits per heavy atom. The van der Waals surface area contributed by atoms with E-state index >= 15 is 0 Å². The van der Waals surface area contributed by atoms with Crippen molar-refractivity contribution in [3.8, 4) is 0 Å². The van der Waals surface area contributed by atoms with Crippen LogP contribution in [0.3, 0.4) is 0 Å². The summed E-state index contributed by atoms with van der Waals surface area (Å²) in [6, 6.07) is 6.08. The van der Waals surface area contributed by atoms with Crippen molar-refractivity contribution in [2.24, 2.45) is 0 Å². The number of nitrogens with zero attached hydrogens (tertiary/aromatic N) is 1. The summed E-state index contributed by atoms with van der Waals surface area (Å²) in [7, 11) is 0. The van der Waals surface area contributed by atoms with Gasteiger partial charge in [0.05, 0.1) is 11.6 Å². The normalized spacial score (nSPS) is 13.8. The summed E-state index contributed by atoms with van der Waals surface area (Å²) in [5.41, 5.74) is 3.22. The molecule has 3 rings (SSSR count). The third-order valence-corrected chi connectivity index (χ3v) is 4.05. The Balaban J connectivity index is 1.70. The third kappa shape index (κ3) is 2.76. The number of hydrogen-bond acceptors (Lipinski definition) is 4. The molecular formula is C14H15N3OS. The highest BCUT2D eigenvalue weighted by atomic mass is 32.1. The lowest BCUT2D eigenvalue weighted by molar-refractivity contribution is -0.116. The number of fused-ring (bicyclic) bond motifs is 1. The van der Waals surface area contributed by atoms with E-state index in [0.717, 1.165) is 29.3 Å². The van der Waals surface area contributed by atoms with E-state index in [2.05, 4.69) is 21.7 Å². The van der Waals surface area contributed by atoms with Gasteiger partial charge in [0.1, 0.15) is 0 Å². The molecule has 0 saturated heterocycles. The fourth-order valence-electron chi connectivity index (χ4n) is 2.17. The smallest absolute Gasteiger partial charge is 0.224 e. The molecule has 5 heteroatoms. The van der Waals surface area contributed by atoms with Crippen molar-refractivity contribution >= 4 is 28.6 Å². The second-order valence-corrected chi connectivity index (χ2v) is 5.94. The van der Waals surface area contributed by atoms with E-state index in [0.29, 0.717) is 6.42 Å². The minimum atomic E-state index is 0.105. The number of benzene rings is 1. The SMILES string of the molecule is Cc1ncc(CNc2ccc3c(c2)CCC(=O)N3)s1. The van der Waals surface area contributed by atoms with Crippen LogP contribution >= 0.6 is 11.3 Å². The molecule has 0 saturated carbocycles. The van der Waals surface area contributed by atoms with Crippen molar-refractivity contribution in [3.05, 3.63) is 39.8 Å². The van der Waals surface area contributed by atoms with Crippen LogP contribution in [0.25, 0.3) is 0 Å². The first-order valence-corrected chi connectivity index (χ1v) is 7.10. The lowest BCUT2D eigenvalue weighted by Crippen LogP contribution is -2.18. The Kier molecular flexibility index (Phi) is 3.21. The highest BCUT2D eigenvalue weighted by Crippen LogP contribution is 2.26. The van der Waals surface area contributed by atoms with Gasteiger partial charge in [-0.05, 0) is 37.1 Å². The van der Waals surface area contributed by atoms with Crippen molar-refractivity contribution in [1.29, 1.82) is 0 Å². The summed E-state index contributed by atoms with van der Waals surface area (Å²) in [4.78, 5) is 16.8. The molecule has 0 radical (unpaired) electrons. The number of hydrogen-bond donors (Lipinski definition) is 2. The average molecular weight is 273 g/mol. The Morgan fingerprint density at radius 2 is 2.32 bits per heavy atom. The lowest BCUT2D eigenvalue weighted by atomic mass is 10.0. The molecule has 2 aromatic rings. The van der Waals surface area contributed by atoms with Crippen LogP contribution in [0.5, 0.6) is 0 Å². The molecule has 2 N–H and O–H groups in total. The summed E-state index contributed by atoms with van der Waals surface area (Å²) in [6.45, 7) is 2.80. The fraction of sp³-hybridized carbons (Fsp3) is 0.286. The maximum Gasteiger partial charge on any atom is 0.224 e. The number of carbonyl (C=O) groups excluding carboxylic acids is 1. The fourth-order valence-corrected chi connectivity index (χ4v) is 2.90. The first-order chi connectivity index (χ1) is 9.20. The van der Waals surface area contributed by atoms with Crippen LogP contribution in [0.15, 0.2) is 24.4 Å². The van der Waals surface area contributed by atoms with Gasteiger partial charge in [-0.1, -0.05) is 0 Å². The number of aromatic nitrogens is 1. The summed E-state index contributed by atoms with van der Waals surface area (Å²) in [5.74, 6) is 0.105. The van der Waals surface area contributed by atoms with E-state index < -0.39 is 0 Å². The van der Waals surface area contributed by atoms with Crippen molar-refractivity contribution in [2.45, 2.75) is 26.3 Å². The monoisotopic (exact) mass is 273 g/mol. The van der Waals surface area contributed by atoms with Crippen molar-refractivity contribution in [3.63, 3.8) is 0 Å². The lowest BCUT2D eigenvalue weighted by Gasteiger charge is -2.17. The number of amides is 1. The maximum atomic E-state index is 11.3. The van der Waals surface area contributed by atoms with Crippen LogP contribution in [0.1, 0.15) is 21.9 Å². The summed E-state index contributed by atoms with van der Waals surface area (Å²) in [5, 5.41) is 7.37. The zero-order chi connectivity index (χ0) is 13.2. The van der Waals surface area contributed by atoms with Gasteiger partial charge in [-0.2, -0.15) is 0 Å². The first kappa shape index (κ1) is 12.2. The van der Waals surface area contributed by atoms with Crippen LogP contribution in [-0.2, 0) is 17.8 Å². The van der Waals surface area contributed by atoms with Gasteiger partial charge in [-0.15, -0.1) is 11.3 Å². The minimum Gasteiger partial charge on any atom is -0.380 e. The molecule has 2 heterocycles. The van der Waals surface area contributed by atoms with Gasteiger partial charge < -0.3 is 10.6 Å². The summed E-state index contributed by atoms with van der Waals surface area (Å²) < 4.78 is 0. The molecule has 0 spiro atoms. The number of thiazole rings is 1.